The highest BCUT2D eigenvalue weighted by Gasteiger charge is 2.23. The van der Waals surface area contributed by atoms with Gasteiger partial charge in [0.1, 0.15) is 5.82 Å². The zero-order chi connectivity index (χ0) is 18.0. The summed E-state index contributed by atoms with van der Waals surface area (Å²) in [6.45, 7) is 8.56. The average Bonchev–Trinajstić information content (AvgIpc) is 2.61. The van der Waals surface area contributed by atoms with Crippen LogP contribution in [0.5, 0.6) is 0 Å². The van der Waals surface area contributed by atoms with Crippen LogP contribution in [0.3, 0.4) is 0 Å². The molecule has 1 aromatic carbocycles. The Balaban J connectivity index is 1.86. The van der Waals surface area contributed by atoms with Crippen molar-refractivity contribution in [3.8, 4) is 11.3 Å². The van der Waals surface area contributed by atoms with Gasteiger partial charge in [-0.1, -0.05) is 12.1 Å². The molecule has 132 valence electrons. The molecule has 0 amide bonds. The van der Waals surface area contributed by atoms with Gasteiger partial charge in [-0.3, -0.25) is 0 Å². The Morgan fingerprint density at radius 2 is 1.92 bits per heavy atom. The van der Waals surface area contributed by atoms with Crippen LogP contribution < -0.4 is 0 Å². The molecule has 1 aliphatic heterocycles. The minimum atomic E-state index is -0.922. The maximum absolute atomic E-state index is 11.2. The Morgan fingerprint density at radius 1 is 1.20 bits per heavy atom. The highest BCUT2D eigenvalue weighted by Crippen LogP contribution is 2.30. The fraction of sp³-hybridized carbons (Fsp3) is 0.450. The molecule has 2 aromatic rings. The zero-order valence-corrected chi connectivity index (χ0v) is 15.1. The van der Waals surface area contributed by atoms with Crippen LogP contribution in [0.2, 0.25) is 0 Å². The van der Waals surface area contributed by atoms with Crippen molar-refractivity contribution >= 4 is 5.97 Å². The third-order valence-corrected chi connectivity index (χ3v) is 4.94. The van der Waals surface area contributed by atoms with Gasteiger partial charge < -0.3 is 10.0 Å². The van der Waals surface area contributed by atoms with Crippen LogP contribution in [0, 0.1) is 6.92 Å². The minimum absolute atomic E-state index is 0.278. The summed E-state index contributed by atoms with van der Waals surface area (Å²) in [5, 5.41) is 9.20. The molecule has 3 rings (SSSR count). The van der Waals surface area contributed by atoms with Gasteiger partial charge in [-0.2, -0.15) is 0 Å². The molecule has 1 fully saturated rings. The van der Waals surface area contributed by atoms with Crippen molar-refractivity contribution in [1.29, 1.82) is 0 Å². The van der Waals surface area contributed by atoms with Crippen molar-refractivity contribution in [3.05, 3.63) is 47.4 Å². The smallest absolute Gasteiger partial charge is 0.335 e. The zero-order valence-electron chi connectivity index (χ0n) is 15.1. The molecule has 0 bridgehead atoms. The van der Waals surface area contributed by atoms with E-state index < -0.39 is 5.97 Å². The Bertz CT molecular complexity index is 765. The van der Waals surface area contributed by atoms with Gasteiger partial charge in [0.15, 0.2) is 0 Å². The average molecular weight is 339 g/mol. The quantitative estimate of drug-likeness (QED) is 0.919. The topological polar surface area (TPSA) is 66.3 Å². The maximum Gasteiger partial charge on any atom is 0.335 e. The molecule has 0 atom stereocenters. The number of rotatable bonds is 4. The molecule has 2 heterocycles. The standard InChI is InChI=1S/C20H25N3O2/c1-13(2)23-9-7-15(8-10-23)18-12-19(22-14(3)21-18)16-5-4-6-17(11-16)20(24)25/h4-6,11-13,15H,7-10H2,1-3H3,(H,24,25). The van der Waals surface area contributed by atoms with Crippen LogP contribution in [0.25, 0.3) is 11.3 Å². The van der Waals surface area contributed by atoms with Crippen molar-refractivity contribution in [3.63, 3.8) is 0 Å². The molecule has 0 radical (unpaired) electrons. The lowest BCUT2D eigenvalue weighted by atomic mass is 9.91. The summed E-state index contributed by atoms with van der Waals surface area (Å²) in [4.78, 5) is 22.9. The first-order valence-corrected chi connectivity index (χ1v) is 8.87. The van der Waals surface area contributed by atoms with E-state index in [0.717, 1.165) is 48.7 Å². The molecule has 1 aliphatic rings. The second-order valence-corrected chi connectivity index (χ2v) is 7.02. The Morgan fingerprint density at radius 3 is 2.56 bits per heavy atom. The normalized spacial score (nSPS) is 16.3. The van der Waals surface area contributed by atoms with Crippen molar-refractivity contribution < 1.29 is 9.90 Å². The summed E-state index contributed by atoms with van der Waals surface area (Å²) in [6.07, 6.45) is 2.20. The SMILES string of the molecule is Cc1nc(-c2cccc(C(=O)O)c2)cc(C2CCN(C(C)C)CC2)n1. The number of carboxylic acids is 1. The Hall–Kier alpha value is -2.27. The van der Waals surface area contributed by atoms with Gasteiger partial charge in [0, 0.05) is 23.2 Å². The third-order valence-electron chi connectivity index (χ3n) is 4.94. The van der Waals surface area contributed by atoms with Gasteiger partial charge >= 0.3 is 5.97 Å². The van der Waals surface area contributed by atoms with Crippen LogP contribution in [-0.4, -0.2) is 45.1 Å². The van der Waals surface area contributed by atoms with E-state index in [4.69, 9.17) is 0 Å². The van der Waals surface area contributed by atoms with E-state index in [1.807, 2.05) is 19.1 Å². The first-order valence-electron chi connectivity index (χ1n) is 8.87. The molecule has 1 aromatic heterocycles. The number of piperidine rings is 1. The Labute approximate surface area is 148 Å². The van der Waals surface area contributed by atoms with E-state index in [9.17, 15) is 9.90 Å². The molecule has 1 saturated heterocycles. The number of hydrogen-bond donors (Lipinski definition) is 1. The first kappa shape index (κ1) is 17.5. The van der Waals surface area contributed by atoms with Gasteiger partial charge in [-0.15, -0.1) is 0 Å². The number of benzene rings is 1. The lowest BCUT2D eigenvalue weighted by Gasteiger charge is -2.34. The molecule has 0 unspecified atom stereocenters. The van der Waals surface area contributed by atoms with Gasteiger partial charge in [-0.25, -0.2) is 14.8 Å². The lowest BCUT2D eigenvalue weighted by Crippen LogP contribution is -2.38. The van der Waals surface area contributed by atoms with Crippen LogP contribution in [0.1, 0.15) is 54.5 Å². The fourth-order valence-corrected chi connectivity index (χ4v) is 3.47. The van der Waals surface area contributed by atoms with Gasteiger partial charge in [0.2, 0.25) is 0 Å². The van der Waals surface area contributed by atoms with Crippen LogP contribution in [0.15, 0.2) is 30.3 Å². The highest BCUT2D eigenvalue weighted by atomic mass is 16.4. The number of nitrogens with zero attached hydrogens (tertiary/aromatic N) is 3. The monoisotopic (exact) mass is 339 g/mol. The van der Waals surface area contributed by atoms with Crippen molar-refractivity contribution in [2.75, 3.05) is 13.1 Å². The van der Waals surface area contributed by atoms with E-state index in [1.165, 1.54) is 0 Å². The first-order chi connectivity index (χ1) is 11.9. The molecular weight excluding hydrogens is 314 g/mol. The third kappa shape index (κ3) is 4.04. The van der Waals surface area contributed by atoms with Crippen LogP contribution in [0.4, 0.5) is 0 Å². The molecule has 5 heteroatoms. The van der Waals surface area contributed by atoms with Crippen LogP contribution in [-0.2, 0) is 0 Å². The molecular formula is C20H25N3O2. The van der Waals surface area contributed by atoms with E-state index in [1.54, 1.807) is 18.2 Å². The number of aromatic carboxylic acids is 1. The minimum Gasteiger partial charge on any atom is -0.478 e. The summed E-state index contributed by atoms with van der Waals surface area (Å²) in [6, 6.07) is 9.56. The largest absolute Gasteiger partial charge is 0.478 e. The number of carbonyl (C=O) groups is 1. The highest BCUT2D eigenvalue weighted by molar-refractivity contribution is 5.89. The fourth-order valence-electron chi connectivity index (χ4n) is 3.47. The van der Waals surface area contributed by atoms with Crippen molar-refractivity contribution in [2.45, 2.75) is 45.6 Å². The van der Waals surface area contributed by atoms with Crippen molar-refractivity contribution in [2.24, 2.45) is 0 Å². The second-order valence-electron chi connectivity index (χ2n) is 7.02. The summed E-state index contributed by atoms with van der Waals surface area (Å²) < 4.78 is 0. The van der Waals surface area contributed by atoms with E-state index in [0.29, 0.717) is 12.0 Å². The number of carboxylic acid groups (broad SMARTS) is 1. The molecule has 5 nitrogen and oxygen atoms in total. The lowest BCUT2D eigenvalue weighted by molar-refractivity contribution is 0.0697. The van der Waals surface area contributed by atoms with Crippen LogP contribution >= 0.6 is 0 Å². The van der Waals surface area contributed by atoms with Crippen molar-refractivity contribution in [1.82, 2.24) is 14.9 Å². The Kier molecular flexibility index (Phi) is 5.13. The number of hydrogen-bond acceptors (Lipinski definition) is 4. The van der Waals surface area contributed by atoms with E-state index in [2.05, 4.69) is 28.7 Å². The van der Waals surface area contributed by atoms with E-state index >= 15 is 0 Å². The number of aromatic nitrogens is 2. The summed E-state index contributed by atoms with van der Waals surface area (Å²) in [5.41, 5.74) is 2.98. The number of likely N-dealkylation sites (tertiary alicyclic amines) is 1. The number of aryl methyl sites for hydroxylation is 1. The maximum atomic E-state index is 11.2. The van der Waals surface area contributed by atoms with Gasteiger partial charge in [0.05, 0.1) is 11.3 Å². The summed E-state index contributed by atoms with van der Waals surface area (Å²) >= 11 is 0. The molecule has 0 saturated carbocycles. The summed E-state index contributed by atoms with van der Waals surface area (Å²) in [7, 11) is 0. The predicted molar refractivity (Wildman–Crippen MR) is 97.8 cm³/mol. The summed E-state index contributed by atoms with van der Waals surface area (Å²) in [5.74, 6) is 0.256. The molecule has 0 aliphatic carbocycles. The van der Waals surface area contributed by atoms with E-state index in [-0.39, 0.29) is 5.56 Å². The molecule has 0 spiro atoms. The van der Waals surface area contributed by atoms with Gasteiger partial charge in [0.25, 0.3) is 0 Å². The molecule has 1 N–H and O–H groups in total. The molecule has 25 heavy (non-hydrogen) atoms. The predicted octanol–water partition coefficient (Wildman–Crippen LogP) is 3.74. The van der Waals surface area contributed by atoms with Gasteiger partial charge in [-0.05, 0) is 64.9 Å². The second kappa shape index (κ2) is 7.31.